The van der Waals surface area contributed by atoms with E-state index in [1.165, 1.54) is 57.8 Å². The molecule has 0 aromatic heterocycles. The van der Waals surface area contributed by atoms with Crippen LogP contribution in [-0.2, 0) is 0 Å². The van der Waals surface area contributed by atoms with Crippen LogP contribution in [0.4, 0.5) is 5.69 Å². The van der Waals surface area contributed by atoms with Crippen molar-refractivity contribution in [2.75, 3.05) is 12.3 Å². The summed E-state index contributed by atoms with van der Waals surface area (Å²) >= 11 is 0. The average Bonchev–Trinajstić information content (AvgIpc) is 2.55. The van der Waals surface area contributed by atoms with Crippen molar-refractivity contribution in [2.24, 2.45) is 0 Å². The van der Waals surface area contributed by atoms with E-state index in [1.54, 1.807) is 12.1 Å². The normalized spacial score (nSPS) is 10.7. The molecule has 0 saturated heterocycles. The lowest BCUT2D eigenvalue weighted by atomic mass is 10.1. The van der Waals surface area contributed by atoms with E-state index in [4.69, 9.17) is 10.5 Å². The maximum atomic E-state index is 11.1. The van der Waals surface area contributed by atoms with Gasteiger partial charge in [0.1, 0.15) is 5.75 Å². The predicted molar refractivity (Wildman–Crippen MR) is 98.3 cm³/mol. The van der Waals surface area contributed by atoms with Crippen molar-refractivity contribution < 1.29 is 9.53 Å². The third kappa shape index (κ3) is 8.06. The maximum Gasteiger partial charge on any atom is 0.153 e. The fourth-order valence-electron chi connectivity index (χ4n) is 2.71. The number of ether oxygens (including phenoxy) is 1. The Morgan fingerprint density at radius 2 is 1.52 bits per heavy atom. The number of hydrogen-bond acceptors (Lipinski definition) is 3. The Bertz CT molecular complexity index is 457. The van der Waals surface area contributed by atoms with Crippen LogP contribution >= 0.6 is 0 Å². The van der Waals surface area contributed by atoms with Crippen LogP contribution < -0.4 is 10.5 Å². The largest absolute Gasteiger partial charge is 0.493 e. The van der Waals surface area contributed by atoms with Crippen molar-refractivity contribution in [3.05, 3.63) is 23.3 Å². The number of aldehydes is 1. The molecule has 0 fully saturated rings. The van der Waals surface area contributed by atoms with Crippen molar-refractivity contribution in [3.63, 3.8) is 0 Å². The summed E-state index contributed by atoms with van der Waals surface area (Å²) in [6, 6.07) is 3.55. The zero-order valence-corrected chi connectivity index (χ0v) is 14.9. The summed E-state index contributed by atoms with van der Waals surface area (Å²) in [6.45, 7) is 4.80. The summed E-state index contributed by atoms with van der Waals surface area (Å²) in [7, 11) is 0. The van der Waals surface area contributed by atoms with E-state index in [9.17, 15) is 4.79 Å². The molecule has 130 valence electrons. The first-order valence-corrected chi connectivity index (χ1v) is 9.17. The number of rotatable bonds is 13. The molecule has 1 aromatic rings. The minimum Gasteiger partial charge on any atom is -0.493 e. The SMILES string of the molecule is CCCCCCCCCCCCOc1cc(N)c(C)cc1C=O. The summed E-state index contributed by atoms with van der Waals surface area (Å²) in [4.78, 5) is 11.1. The van der Waals surface area contributed by atoms with Gasteiger partial charge in [0.25, 0.3) is 0 Å². The quantitative estimate of drug-likeness (QED) is 0.289. The zero-order valence-electron chi connectivity index (χ0n) is 14.9. The Kier molecular flexibility index (Phi) is 10.2. The molecule has 0 heterocycles. The van der Waals surface area contributed by atoms with Crippen LogP contribution in [0.2, 0.25) is 0 Å². The second-order valence-corrected chi connectivity index (χ2v) is 6.39. The van der Waals surface area contributed by atoms with E-state index in [0.717, 1.165) is 18.3 Å². The van der Waals surface area contributed by atoms with Crippen LogP contribution in [-0.4, -0.2) is 12.9 Å². The Morgan fingerprint density at radius 3 is 2.09 bits per heavy atom. The third-order valence-corrected chi connectivity index (χ3v) is 4.28. The molecule has 0 radical (unpaired) electrons. The van der Waals surface area contributed by atoms with Crippen LogP contribution in [0.5, 0.6) is 5.75 Å². The molecule has 0 unspecified atom stereocenters. The van der Waals surface area contributed by atoms with Crippen LogP contribution in [0.15, 0.2) is 12.1 Å². The van der Waals surface area contributed by atoms with Crippen LogP contribution in [0, 0.1) is 6.92 Å². The Hall–Kier alpha value is -1.51. The van der Waals surface area contributed by atoms with E-state index < -0.39 is 0 Å². The highest BCUT2D eigenvalue weighted by Gasteiger charge is 2.06. The first-order valence-electron chi connectivity index (χ1n) is 9.17. The van der Waals surface area contributed by atoms with Gasteiger partial charge in [-0.2, -0.15) is 0 Å². The summed E-state index contributed by atoms with van der Waals surface area (Å²) in [5.74, 6) is 0.610. The number of carbonyl (C=O) groups excluding carboxylic acids is 1. The van der Waals surface area contributed by atoms with Crippen molar-refractivity contribution in [2.45, 2.75) is 78.1 Å². The van der Waals surface area contributed by atoms with Gasteiger partial charge in [0.05, 0.1) is 12.2 Å². The molecule has 1 aromatic carbocycles. The molecule has 3 nitrogen and oxygen atoms in total. The Morgan fingerprint density at radius 1 is 0.957 bits per heavy atom. The molecular weight excluding hydrogens is 286 g/mol. The van der Waals surface area contributed by atoms with Gasteiger partial charge < -0.3 is 10.5 Å². The van der Waals surface area contributed by atoms with Crippen molar-refractivity contribution in [1.29, 1.82) is 0 Å². The fraction of sp³-hybridized carbons (Fsp3) is 0.650. The van der Waals surface area contributed by atoms with Crippen LogP contribution in [0.25, 0.3) is 0 Å². The highest BCUT2D eigenvalue weighted by Crippen LogP contribution is 2.24. The predicted octanol–water partition coefficient (Wildman–Crippen LogP) is 5.69. The van der Waals surface area contributed by atoms with E-state index in [1.807, 2.05) is 6.92 Å². The zero-order chi connectivity index (χ0) is 16.9. The van der Waals surface area contributed by atoms with Crippen molar-refractivity contribution in [1.82, 2.24) is 0 Å². The Labute approximate surface area is 141 Å². The molecule has 0 bridgehead atoms. The summed E-state index contributed by atoms with van der Waals surface area (Å²) < 4.78 is 5.72. The number of unbranched alkanes of at least 4 members (excludes halogenated alkanes) is 9. The molecule has 0 saturated carbocycles. The first kappa shape index (κ1) is 19.5. The monoisotopic (exact) mass is 319 g/mol. The van der Waals surface area contributed by atoms with Crippen molar-refractivity contribution >= 4 is 12.0 Å². The molecule has 0 aliphatic carbocycles. The molecule has 0 atom stereocenters. The molecule has 3 heteroatoms. The molecule has 0 spiro atoms. The van der Waals surface area contributed by atoms with Gasteiger partial charge in [-0.05, 0) is 25.0 Å². The maximum absolute atomic E-state index is 11.1. The Balaban J connectivity index is 2.09. The van der Waals surface area contributed by atoms with E-state index in [0.29, 0.717) is 23.6 Å². The lowest BCUT2D eigenvalue weighted by Crippen LogP contribution is -2.02. The van der Waals surface area contributed by atoms with Gasteiger partial charge in [-0.25, -0.2) is 0 Å². The molecule has 2 N–H and O–H groups in total. The standard InChI is InChI=1S/C20H33NO2/c1-3-4-5-6-7-8-9-10-11-12-13-23-20-15-19(21)17(2)14-18(20)16-22/h14-16H,3-13,21H2,1-2H3. The fourth-order valence-corrected chi connectivity index (χ4v) is 2.71. The topological polar surface area (TPSA) is 52.3 Å². The minimum absolute atomic E-state index is 0.587. The second-order valence-electron chi connectivity index (χ2n) is 6.39. The number of benzene rings is 1. The van der Waals surface area contributed by atoms with Gasteiger partial charge in [-0.15, -0.1) is 0 Å². The first-order chi connectivity index (χ1) is 11.2. The van der Waals surface area contributed by atoms with Gasteiger partial charge in [-0.3, -0.25) is 4.79 Å². The van der Waals surface area contributed by atoms with Gasteiger partial charge >= 0.3 is 0 Å². The van der Waals surface area contributed by atoms with E-state index in [2.05, 4.69) is 6.92 Å². The molecule has 0 aliphatic heterocycles. The summed E-state index contributed by atoms with van der Waals surface area (Å²) in [6.07, 6.45) is 13.9. The molecular formula is C20H33NO2. The average molecular weight is 319 g/mol. The van der Waals surface area contributed by atoms with E-state index >= 15 is 0 Å². The molecule has 1 rings (SSSR count). The number of anilines is 1. The number of aryl methyl sites for hydroxylation is 1. The van der Waals surface area contributed by atoms with Gasteiger partial charge in [0, 0.05) is 11.8 Å². The highest BCUT2D eigenvalue weighted by atomic mass is 16.5. The summed E-state index contributed by atoms with van der Waals surface area (Å²) in [5.41, 5.74) is 8.05. The van der Waals surface area contributed by atoms with Gasteiger partial charge in [-0.1, -0.05) is 64.7 Å². The lowest BCUT2D eigenvalue weighted by molar-refractivity contribution is 0.111. The number of hydrogen-bond donors (Lipinski definition) is 1. The molecule has 0 amide bonds. The van der Waals surface area contributed by atoms with E-state index in [-0.39, 0.29) is 0 Å². The van der Waals surface area contributed by atoms with Gasteiger partial charge in [0.15, 0.2) is 6.29 Å². The number of carbonyl (C=O) groups is 1. The second kappa shape index (κ2) is 12.0. The van der Waals surface area contributed by atoms with Crippen LogP contribution in [0.1, 0.15) is 87.1 Å². The number of nitrogens with two attached hydrogens (primary N) is 1. The number of nitrogen functional groups attached to an aromatic ring is 1. The lowest BCUT2D eigenvalue weighted by Gasteiger charge is -2.11. The summed E-state index contributed by atoms with van der Waals surface area (Å²) in [5, 5.41) is 0. The van der Waals surface area contributed by atoms with Crippen molar-refractivity contribution in [3.8, 4) is 5.75 Å². The smallest absolute Gasteiger partial charge is 0.153 e. The highest BCUT2D eigenvalue weighted by molar-refractivity contribution is 5.81. The van der Waals surface area contributed by atoms with Crippen LogP contribution in [0.3, 0.4) is 0 Å². The van der Waals surface area contributed by atoms with Gasteiger partial charge in [0.2, 0.25) is 0 Å². The third-order valence-electron chi connectivity index (χ3n) is 4.28. The minimum atomic E-state index is 0.587. The molecule has 23 heavy (non-hydrogen) atoms. The molecule has 0 aliphatic rings.